The predicted octanol–water partition coefficient (Wildman–Crippen LogP) is 0.486. The van der Waals surface area contributed by atoms with Crippen LogP contribution >= 0.6 is 0 Å². The lowest BCUT2D eigenvalue weighted by molar-refractivity contribution is 0.169. The maximum absolute atomic E-state index is 8.59. The fourth-order valence-electron chi connectivity index (χ4n) is 2.27. The number of nitriles is 1. The average Bonchev–Trinajstić information content (AvgIpc) is 2.62. The molecule has 0 aromatic heterocycles. The normalized spacial score (nSPS) is 42.7. The SMILES string of the molecule is N#CCC12CC1CCN(N)C2. The van der Waals surface area contributed by atoms with Gasteiger partial charge in [-0.1, -0.05) is 0 Å². The molecule has 3 nitrogen and oxygen atoms in total. The third-order valence-electron chi connectivity index (χ3n) is 3.07. The van der Waals surface area contributed by atoms with Gasteiger partial charge < -0.3 is 0 Å². The van der Waals surface area contributed by atoms with Crippen LogP contribution in [-0.4, -0.2) is 18.1 Å². The number of piperidine rings is 1. The van der Waals surface area contributed by atoms with Crippen molar-refractivity contribution in [2.75, 3.05) is 13.1 Å². The van der Waals surface area contributed by atoms with Crippen LogP contribution < -0.4 is 5.84 Å². The van der Waals surface area contributed by atoms with Gasteiger partial charge in [-0.05, 0) is 18.8 Å². The van der Waals surface area contributed by atoms with Gasteiger partial charge in [-0.15, -0.1) is 0 Å². The van der Waals surface area contributed by atoms with Gasteiger partial charge in [-0.25, -0.2) is 5.01 Å². The first kappa shape index (κ1) is 7.08. The van der Waals surface area contributed by atoms with E-state index in [2.05, 4.69) is 6.07 Å². The van der Waals surface area contributed by atoms with Crippen LogP contribution in [0.15, 0.2) is 0 Å². The molecule has 2 unspecified atom stereocenters. The Hall–Kier alpha value is -0.590. The molecule has 1 aliphatic heterocycles. The van der Waals surface area contributed by atoms with E-state index in [0.29, 0.717) is 11.8 Å². The first-order valence-electron chi connectivity index (χ1n) is 4.13. The van der Waals surface area contributed by atoms with Crippen LogP contribution in [-0.2, 0) is 0 Å². The monoisotopic (exact) mass is 151 g/mol. The fraction of sp³-hybridized carbons (Fsp3) is 0.875. The van der Waals surface area contributed by atoms with Crippen LogP contribution in [0.5, 0.6) is 0 Å². The van der Waals surface area contributed by atoms with Crippen molar-refractivity contribution in [1.82, 2.24) is 5.01 Å². The molecule has 1 heterocycles. The van der Waals surface area contributed by atoms with Crippen molar-refractivity contribution in [3.05, 3.63) is 0 Å². The molecule has 1 aliphatic carbocycles. The number of hydrogen-bond acceptors (Lipinski definition) is 3. The minimum atomic E-state index is 0.307. The number of hydrogen-bond donors (Lipinski definition) is 1. The third-order valence-corrected chi connectivity index (χ3v) is 3.07. The van der Waals surface area contributed by atoms with Gasteiger partial charge in [0, 0.05) is 24.9 Å². The minimum Gasteiger partial charge on any atom is -0.269 e. The maximum Gasteiger partial charge on any atom is 0.0628 e. The Labute approximate surface area is 66.7 Å². The highest BCUT2D eigenvalue weighted by atomic mass is 15.4. The Morgan fingerprint density at radius 3 is 3.27 bits per heavy atom. The van der Waals surface area contributed by atoms with Crippen molar-refractivity contribution < 1.29 is 0 Å². The topological polar surface area (TPSA) is 53.0 Å². The maximum atomic E-state index is 8.59. The summed E-state index contributed by atoms with van der Waals surface area (Å²) in [5.74, 6) is 6.50. The Kier molecular flexibility index (Phi) is 1.41. The summed E-state index contributed by atoms with van der Waals surface area (Å²) >= 11 is 0. The van der Waals surface area contributed by atoms with Gasteiger partial charge >= 0.3 is 0 Å². The van der Waals surface area contributed by atoms with Gasteiger partial charge in [0.15, 0.2) is 0 Å². The second-order valence-corrected chi connectivity index (χ2v) is 3.86. The van der Waals surface area contributed by atoms with Crippen LogP contribution in [0.3, 0.4) is 0 Å². The molecule has 2 aliphatic rings. The van der Waals surface area contributed by atoms with E-state index in [-0.39, 0.29) is 0 Å². The van der Waals surface area contributed by atoms with E-state index in [1.54, 1.807) is 0 Å². The summed E-state index contributed by atoms with van der Waals surface area (Å²) in [4.78, 5) is 0. The molecule has 0 bridgehead atoms. The number of rotatable bonds is 1. The summed E-state index contributed by atoms with van der Waals surface area (Å²) in [5, 5.41) is 10.4. The molecule has 60 valence electrons. The summed E-state index contributed by atoms with van der Waals surface area (Å²) in [6.45, 7) is 1.95. The number of hydrazine groups is 1. The molecule has 0 aromatic rings. The zero-order chi connectivity index (χ0) is 7.90. The van der Waals surface area contributed by atoms with E-state index in [9.17, 15) is 0 Å². The highest BCUT2D eigenvalue weighted by Gasteiger charge is 2.55. The van der Waals surface area contributed by atoms with Crippen LogP contribution in [0.25, 0.3) is 0 Å². The number of nitrogens with zero attached hydrogens (tertiary/aromatic N) is 2. The van der Waals surface area contributed by atoms with E-state index >= 15 is 0 Å². The van der Waals surface area contributed by atoms with Crippen LogP contribution in [0.1, 0.15) is 19.3 Å². The Balaban J connectivity index is 2.02. The standard InChI is InChI=1S/C8H13N3/c9-3-2-8-5-7(8)1-4-11(10)6-8/h7H,1-2,4-6,10H2. The molecule has 2 N–H and O–H groups in total. The first-order chi connectivity index (χ1) is 5.27. The lowest BCUT2D eigenvalue weighted by Gasteiger charge is -2.27. The lowest BCUT2D eigenvalue weighted by Crippen LogP contribution is -2.41. The fourth-order valence-corrected chi connectivity index (χ4v) is 2.27. The molecule has 11 heavy (non-hydrogen) atoms. The largest absolute Gasteiger partial charge is 0.269 e. The van der Waals surface area contributed by atoms with Crippen molar-refractivity contribution in [2.45, 2.75) is 19.3 Å². The lowest BCUT2D eigenvalue weighted by atomic mass is 9.95. The first-order valence-corrected chi connectivity index (χ1v) is 4.13. The zero-order valence-electron chi connectivity index (χ0n) is 6.58. The second kappa shape index (κ2) is 2.20. The summed E-state index contributed by atoms with van der Waals surface area (Å²) in [6, 6.07) is 2.26. The highest BCUT2D eigenvalue weighted by molar-refractivity contribution is 5.09. The van der Waals surface area contributed by atoms with E-state index in [0.717, 1.165) is 19.0 Å². The smallest absolute Gasteiger partial charge is 0.0628 e. The molecule has 0 radical (unpaired) electrons. The van der Waals surface area contributed by atoms with E-state index in [1.165, 1.54) is 12.8 Å². The molecule has 3 heteroatoms. The van der Waals surface area contributed by atoms with Gasteiger partial charge in [0.05, 0.1) is 6.07 Å². The Morgan fingerprint density at radius 1 is 1.73 bits per heavy atom. The van der Waals surface area contributed by atoms with Gasteiger partial charge in [0.1, 0.15) is 0 Å². The average molecular weight is 151 g/mol. The summed E-state index contributed by atoms with van der Waals surface area (Å²) in [7, 11) is 0. The second-order valence-electron chi connectivity index (χ2n) is 3.86. The van der Waals surface area contributed by atoms with Crippen molar-refractivity contribution >= 4 is 0 Å². The Morgan fingerprint density at radius 2 is 2.55 bits per heavy atom. The molecule has 0 amide bonds. The van der Waals surface area contributed by atoms with Gasteiger partial charge in [-0.2, -0.15) is 5.26 Å². The summed E-state index contributed by atoms with van der Waals surface area (Å²) in [5.41, 5.74) is 0.307. The van der Waals surface area contributed by atoms with E-state index in [4.69, 9.17) is 11.1 Å². The van der Waals surface area contributed by atoms with Gasteiger partial charge in [-0.3, -0.25) is 5.84 Å². The predicted molar refractivity (Wildman–Crippen MR) is 41.1 cm³/mol. The molecular weight excluding hydrogens is 138 g/mol. The van der Waals surface area contributed by atoms with E-state index in [1.807, 2.05) is 5.01 Å². The van der Waals surface area contributed by atoms with Crippen molar-refractivity contribution in [3.8, 4) is 6.07 Å². The number of fused-ring (bicyclic) bond motifs is 1. The highest BCUT2D eigenvalue weighted by Crippen LogP contribution is 2.58. The van der Waals surface area contributed by atoms with Crippen molar-refractivity contribution in [1.29, 1.82) is 5.26 Å². The molecule has 0 spiro atoms. The quantitative estimate of drug-likeness (QED) is 0.555. The van der Waals surface area contributed by atoms with Gasteiger partial charge in [0.25, 0.3) is 0 Å². The van der Waals surface area contributed by atoms with E-state index < -0.39 is 0 Å². The zero-order valence-corrected chi connectivity index (χ0v) is 6.58. The molecule has 2 fully saturated rings. The molecule has 2 atom stereocenters. The summed E-state index contributed by atoms with van der Waals surface area (Å²) in [6.07, 6.45) is 3.12. The van der Waals surface area contributed by atoms with Crippen LogP contribution in [0.4, 0.5) is 0 Å². The van der Waals surface area contributed by atoms with Crippen LogP contribution in [0, 0.1) is 22.7 Å². The van der Waals surface area contributed by atoms with Crippen molar-refractivity contribution in [3.63, 3.8) is 0 Å². The number of nitrogens with two attached hydrogens (primary N) is 1. The van der Waals surface area contributed by atoms with Crippen LogP contribution in [0.2, 0.25) is 0 Å². The molecule has 0 aromatic carbocycles. The Bertz CT molecular complexity index is 208. The minimum absolute atomic E-state index is 0.307. The van der Waals surface area contributed by atoms with Crippen molar-refractivity contribution in [2.24, 2.45) is 17.2 Å². The molecule has 1 saturated carbocycles. The molecule has 1 saturated heterocycles. The van der Waals surface area contributed by atoms with Gasteiger partial charge in [0.2, 0.25) is 0 Å². The molecular formula is C8H13N3. The molecule has 2 rings (SSSR count). The third kappa shape index (κ3) is 1.03. The summed E-state index contributed by atoms with van der Waals surface area (Å²) < 4.78 is 0.